The van der Waals surface area contributed by atoms with Gasteiger partial charge in [-0.1, -0.05) is 6.07 Å². The van der Waals surface area contributed by atoms with Crippen molar-refractivity contribution in [3.8, 4) is 5.88 Å². The first-order chi connectivity index (χ1) is 8.58. The monoisotopic (exact) mass is 271 g/mol. The molecule has 0 atom stereocenters. The van der Waals surface area contributed by atoms with Crippen LogP contribution in [0, 0.1) is 0 Å². The number of rotatable bonds is 4. The van der Waals surface area contributed by atoms with E-state index >= 15 is 0 Å². The molecule has 0 radical (unpaired) electrons. The second kappa shape index (κ2) is 5.05. The second-order valence-electron chi connectivity index (χ2n) is 3.14. The lowest BCUT2D eigenvalue weighted by Crippen LogP contribution is -2.08. The summed E-state index contributed by atoms with van der Waals surface area (Å²) in [5.74, 6) is -0.708. The number of carbonyl (C=O) groups is 1. The number of thiazole rings is 1. The maximum Gasteiger partial charge on any atom is 0.388 e. The molecule has 2 aromatic heterocycles. The number of ether oxygens (including phenoxy) is 1. The quantitative estimate of drug-likeness (QED) is 0.860. The number of alkyl halides is 2. The van der Waals surface area contributed by atoms with E-state index in [9.17, 15) is 13.6 Å². The number of nitrogen functional groups attached to an aromatic ring is 1. The first kappa shape index (κ1) is 12.4. The SMILES string of the molecule is Nc1ncsc1C(=O)c1cccc(OC(F)F)n1. The fourth-order valence-corrected chi connectivity index (χ4v) is 1.90. The summed E-state index contributed by atoms with van der Waals surface area (Å²) in [6.07, 6.45) is 0. The van der Waals surface area contributed by atoms with Crippen LogP contribution in [0.3, 0.4) is 0 Å². The summed E-state index contributed by atoms with van der Waals surface area (Å²) in [5, 5.41) is 0. The smallest absolute Gasteiger partial charge is 0.388 e. The van der Waals surface area contributed by atoms with Crippen molar-refractivity contribution < 1.29 is 18.3 Å². The summed E-state index contributed by atoms with van der Waals surface area (Å²) in [6, 6.07) is 4.02. The van der Waals surface area contributed by atoms with Gasteiger partial charge >= 0.3 is 6.61 Å². The zero-order valence-electron chi connectivity index (χ0n) is 8.84. The highest BCUT2D eigenvalue weighted by molar-refractivity contribution is 7.12. The normalized spacial score (nSPS) is 10.6. The summed E-state index contributed by atoms with van der Waals surface area (Å²) < 4.78 is 28.1. The highest BCUT2D eigenvalue weighted by Gasteiger charge is 2.17. The summed E-state index contributed by atoms with van der Waals surface area (Å²) in [6.45, 7) is -2.99. The number of pyridine rings is 1. The number of nitrogens with zero attached hydrogens (tertiary/aromatic N) is 2. The van der Waals surface area contributed by atoms with Gasteiger partial charge in [0.05, 0.1) is 5.51 Å². The van der Waals surface area contributed by atoms with Crippen molar-refractivity contribution in [2.45, 2.75) is 6.61 Å². The van der Waals surface area contributed by atoms with Crippen molar-refractivity contribution in [3.63, 3.8) is 0 Å². The van der Waals surface area contributed by atoms with Gasteiger partial charge in [-0.15, -0.1) is 11.3 Å². The molecule has 0 unspecified atom stereocenters. The molecule has 0 aromatic carbocycles. The van der Waals surface area contributed by atoms with Gasteiger partial charge in [0.2, 0.25) is 11.7 Å². The third-order valence-corrected chi connectivity index (χ3v) is 2.81. The molecule has 0 aliphatic heterocycles. The molecule has 2 aromatic rings. The molecule has 8 heteroatoms. The molecule has 0 bridgehead atoms. The van der Waals surface area contributed by atoms with Crippen LogP contribution in [-0.2, 0) is 0 Å². The van der Waals surface area contributed by atoms with Crippen molar-refractivity contribution in [2.75, 3.05) is 5.73 Å². The molecule has 94 valence electrons. The molecular weight excluding hydrogens is 264 g/mol. The summed E-state index contributed by atoms with van der Waals surface area (Å²) in [4.78, 5) is 19.6. The van der Waals surface area contributed by atoms with Gasteiger partial charge in [-0.3, -0.25) is 4.79 Å². The third kappa shape index (κ3) is 2.59. The summed E-state index contributed by atoms with van der Waals surface area (Å²) >= 11 is 1.06. The van der Waals surface area contributed by atoms with Crippen LogP contribution in [0.5, 0.6) is 5.88 Å². The van der Waals surface area contributed by atoms with Crippen molar-refractivity contribution in [2.24, 2.45) is 0 Å². The number of anilines is 1. The Labute approximate surface area is 104 Å². The maximum atomic E-state index is 12.0. The summed E-state index contributed by atoms with van der Waals surface area (Å²) in [7, 11) is 0. The number of hydrogen-bond donors (Lipinski definition) is 1. The van der Waals surface area contributed by atoms with E-state index < -0.39 is 12.4 Å². The number of hydrogen-bond acceptors (Lipinski definition) is 6. The first-order valence-electron chi connectivity index (χ1n) is 4.73. The highest BCUT2D eigenvalue weighted by Crippen LogP contribution is 2.20. The number of carbonyl (C=O) groups excluding carboxylic acids is 1. The first-order valence-corrected chi connectivity index (χ1v) is 5.61. The Balaban J connectivity index is 2.29. The van der Waals surface area contributed by atoms with Gasteiger partial charge in [0, 0.05) is 6.07 Å². The van der Waals surface area contributed by atoms with Gasteiger partial charge in [0.15, 0.2) is 0 Å². The average molecular weight is 271 g/mol. The maximum absolute atomic E-state index is 12.0. The number of ketones is 1. The van der Waals surface area contributed by atoms with E-state index in [0.29, 0.717) is 0 Å². The predicted molar refractivity (Wildman–Crippen MR) is 60.8 cm³/mol. The van der Waals surface area contributed by atoms with E-state index in [1.807, 2.05) is 0 Å². The van der Waals surface area contributed by atoms with Crippen LogP contribution >= 0.6 is 11.3 Å². The van der Waals surface area contributed by atoms with Crippen LogP contribution in [0.4, 0.5) is 14.6 Å². The van der Waals surface area contributed by atoms with E-state index in [4.69, 9.17) is 5.73 Å². The molecule has 2 rings (SSSR count). The van der Waals surface area contributed by atoms with Crippen LogP contribution in [0.25, 0.3) is 0 Å². The van der Waals surface area contributed by atoms with E-state index in [1.54, 1.807) is 0 Å². The minimum absolute atomic E-state index is 0.0240. The minimum Gasteiger partial charge on any atom is -0.417 e. The molecule has 0 spiro atoms. The molecular formula is C10H7F2N3O2S. The lowest BCUT2D eigenvalue weighted by Gasteiger charge is -2.04. The fraction of sp³-hybridized carbons (Fsp3) is 0.100. The van der Waals surface area contributed by atoms with Crippen LogP contribution in [0.2, 0.25) is 0 Å². The molecule has 0 aliphatic rings. The number of halogens is 2. The minimum atomic E-state index is -2.99. The van der Waals surface area contributed by atoms with E-state index in [0.717, 1.165) is 11.3 Å². The Bertz CT molecular complexity index is 574. The van der Waals surface area contributed by atoms with Crippen molar-refractivity contribution in [3.05, 3.63) is 34.3 Å². The Hall–Kier alpha value is -2.09. The molecule has 18 heavy (non-hydrogen) atoms. The Morgan fingerprint density at radius 3 is 2.83 bits per heavy atom. The molecule has 0 saturated carbocycles. The Morgan fingerprint density at radius 2 is 2.22 bits per heavy atom. The lowest BCUT2D eigenvalue weighted by atomic mass is 10.2. The van der Waals surface area contributed by atoms with Crippen LogP contribution < -0.4 is 10.5 Å². The van der Waals surface area contributed by atoms with Gasteiger partial charge in [-0.2, -0.15) is 8.78 Å². The Morgan fingerprint density at radius 1 is 1.44 bits per heavy atom. The Kier molecular flexibility index (Phi) is 3.47. The van der Waals surface area contributed by atoms with Gasteiger partial charge in [-0.05, 0) is 6.07 Å². The molecule has 5 nitrogen and oxygen atoms in total. The standard InChI is InChI=1S/C10H7F2N3O2S/c11-10(12)17-6-3-1-2-5(15-6)7(16)8-9(13)14-4-18-8/h1-4,10H,13H2. The molecule has 2 N–H and O–H groups in total. The topological polar surface area (TPSA) is 78.1 Å². The van der Waals surface area contributed by atoms with Gasteiger partial charge in [0.1, 0.15) is 16.4 Å². The molecule has 0 fully saturated rings. The number of aromatic nitrogens is 2. The van der Waals surface area contributed by atoms with Gasteiger partial charge in [-0.25, -0.2) is 9.97 Å². The van der Waals surface area contributed by atoms with Gasteiger partial charge in [0.25, 0.3) is 0 Å². The molecule has 0 saturated heterocycles. The third-order valence-electron chi connectivity index (χ3n) is 1.97. The lowest BCUT2D eigenvalue weighted by molar-refractivity contribution is -0.0529. The second-order valence-corrected chi connectivity index (χ2v) is 3.99. The van der Waals surface area contributed by atoms with Crippen molar-refractivity contribution in [1.82, 2.24) is 9.97 Å². The van der Waals surface area contributed by atoms with Crippen LogP contribution in [0.1, 0.15) is 15.4 Å². The molecule has 0 amide bonds. The predicted octanol–water partition coefficient (Wildman–Crippen LogP) is 1.95. The van der Waals surface area contributed by atoms with E-state index in [-0.39, 0.29) is 22.3 Å². The zero-order chi connectivity index (χ0) is 13.1. The fourth-order valence-electron chi connectivity index (χ4n) is 1.24. The van der Waals surface area contributed by atoms with Gasteiger partial charge < -0.3 is 10.5 Å². The van der Waals surface area contributed by atoms with E-state index in [1.165, 1.54) is 23.7 Å². The molecule has 0 aliphatic carbocycles. The van der Waals surface area contributed by atoms with Crippen molar-refractivity contribution >= 4 is 22.9 Å². The van der Waals surface area contributed by atoms with Crippen molar-refractivity contribution in [1.29, 1.82) is 0 Å². The highest BCUT2D eigenvalue weighted by atomic mass is 32.1. The van der Waals surface area contributed by atoms with Crippen LogP contribution in [-0.4, -0.2) is 22.4 Å². The average Bonchev–Trinajstić information content (AvgIpc) is 2.74. The number of nitrogens with two attached hydrogens (primary N) is 1. The van der Waals surface area contributed by atoms with Crippen LogP contribution in [0.15, 0.2) is 23.7 Å². The zero-order valence-corrected chi connectivity index (χ0v) is 9.66. The largest absolute Gasteiger partial charge is 0.417 e. The van der Waals surface area contributed by atoms with E-state index in [2.05, 4.69) is 14.7 Å². The molecule has 2 heterocycles. The summed E-state index contributed by atoms with van der Waals surface area (Å²) in [5.41, 5.74) is 6.89.